The Morgan fingerprint density at radius 2 is 0.914 bits per heavy atom. The van der Waals surface area contributed by atoms with E-state index in [9.17, 15) is 14.3 Å². The molecule has 0 aliphatic rings. The van der Waals surface area contributed by atoms with E-state index in [-0.39, 0.29) is 32.3 Å². The lowest BCUT2D eigenvalue weighted by Crippen LogP contribution is -2.28. The Hall–Kier alpha value is -1.54. The molecule has 58 heavy (non-hydrogen) atoms. The molecule has 0 aromatic rings. The van der Waals surface area contributed by atoms with Crippen molar-refractivity contribution >= 4 is 13.8 Å². The zero-order chi connectivity index (χ0) is 42.3. The number of phosphoric ester groups is 1. The van der Waals surface area contributed by atoms with Crippen molar-refractivity contribution < 1.29 is 32.8 Å². The highest BCUT2D eigenvalue weighted by atomic mass is 31.2. The highest BCUT2D eigenvalue weighted by Crippen LogP contribution is 2.43. The average Bonchev–Trinajstić information content (AvgIpc) is 3.21. The van der Waals surface area contributed by atoms with Gasteiger partial charge in [0.2, 0.25) is 0 Å². The van der Waals surface area contributed by atoms with Crippen LogP contribution in [0.15, 0.2) is 48.6 Å². The van der Waals surface area contributed by atoms with E-state index in [2.05, 4.69) is 62.5 Å². The minimum atomic E-state index is -4.29. The Balaban J connectivity index is 4.02. The lowest BCUT2D eigenvalue weighted by Gasteiger charge is -2.20. The van der Waals surface area contributed by atoms with E-state index >= 15 is 0 Å². The first-order valence-electron chi connectivity index (χ1n) is 24.1. The third kappa shape index (κ3) is 45.5. The number of phosphoric acid groups is 1. The second-order valence-electron chi connectivity index (χ2n) is 16.0. The molecule has 2 unspecified atom stereocenters. The highest BCUT2D eigenvalue weighted by molar-refractivity contribution is 7.47. The molecule has 3 N–H and O–H groups in total. The van der Waals surface area contributed by atoms with Gasteiger partial charge in [-0.1, -0.05) is 184 Å². The van der Waals surface area contributed by atoms with Crippen LogP contribution in [-0.4, -0.2) is 49.9 Å². The van der Waals surface area contributed by atoms with E-state index in [0.717, 1.165) is 57.8 Å². The van der Waals surface area contributed by atoms with E-state index in [4.69, 9.17) is 24.3 Å². The predicted octanol–water partition coefficient (Wildman–Crippen LogP) is 14.8. The van der Waals surface area contributed by atoms with E-state index in [0.29, 0.717) is 13.0 Å². The van der Waals surface area contributed by atoms with Crippen molar-refractivity contribution in [2.75, 3.05) is 33.0 Å². The number of carbonyl (C=O) groups is 1. The Bertz CT molecular complexity index is 1030. The molecule has 0 aliphatic heterocycles. The van der Waals surface area contributed by atoms with Crippen LogP contribution < -0.4 is 5.73 Å². The summed E-state index contributed by atoms with van der Waals surface area (Å²) in [7, 11) is -4.29. The number of carbonyl (C=O) groups excluding carboxylic acids is 1. The fraction of sp³-hybridized carbons (Fsp3) is 0.816. The second kappa shape index (κ2) is 46.5. The summed E-state index contributed by atoms with van der Waals surface area (Å²) in [5.41, 5.74) is 5.38. The third-order valence-corrected chi connectivity index (χ3v) is 11.2. The molecule has 8 nitrogen and oxygen atoms in total. The van der Waals surface area contributed by atoms with Crippen molar-refractivity contribution in [1.29, 1.82) is 0 Å². The largest absolute Gasteiger partial charge is 0.472 e. The van der Waals surface area contributed by atoms with Crippen LogP contribution in [0.1, 0.15) is 219 Å². The Kier molecular flexibility index (Phi) is 45.3. The summed E-state index contributed by atoms with van der Waals surface area (Å²) < 4.78 is 33.5. The van der Waals surface area contributed by atoms with Gasteiger partial charge in [0, 0.05) is 19.6 Å². The molecule has 0 aromatic carbocycles. The van der Waals surface area contributed by atoms with Gasteiger partial charge >= 0.3 is 13.8 Å². The standard InChI is InChI=1S/C49H92NO7P/c1-3-5-7-9-11-13-15-17-19-21-23-24-25-26-28-30-32-34-36-38-40-42-49(51)57-48(47-56-58(52,53)55-45-43-50)46-54-44-41-39-37-35-33-31-29-27-22-20-18-16-14-12-10-8-6-4-2/h15,17-18,20-21,23,25-26,48H,3-14,16,19,22,24,27-47,50H2,1-2H3,(H,52,53)/b17-15-,20-18-,23-21-,26-25-. The smallest absolute Gasteiger partial charge is 0.457 e. The lowest BCUT2D eigenvalue weighted by molar-refractivity contribution is -0.154. The van der Waals surface area contributed by atoms with Gasteiger partial charge in [-0.15, -0.1) is 0 Å². The fourth-order valence-corrected chi connectivity index (χ4v) is 7.41. The number of unbranched alkanes of at least 4 members (excludes halogenated alkanes) is 25. The minimum Gasteiger partial charge on any atom is -0.457 e. The molecule has 0 fully saturated rings. The molecule has 0 radical (unpaired) electrons. The van der Waals surface area contributed by atoms with Gasteiger partial charge < -0.3 is 20.1 Å². The van der Waals surface area contributed by atoms with Gasteiger partial charge in [-0.05, 0) is 77.0 Å². The van der Waals surface area contributed by atoms with E-state index in [1.54, 1.807) is 0 Å². The molecule has 0 spiro atoms. The van der Waals surface area contributed by atoms with E-state index in [1.165, 1.54) is 141 Å². The first-order chi connectivity index (χ1) is 28.4. The predicted molar refractivity (Wildman–Crippen MR) is 247 cm³/mol. The molecular weight excluding hydrogens is 746 g/mol. The van der Waals surface area contributed by atoms with Gasteiger partial charge in [0.15, 0.2) is 0 Å². The van der Waals surface area contributed by atoms with E-state index < -0.39 is 13.9 Å². The zero-order valence-corrected chi connectivity index (χ0v) is 38.7. The molecule has 9 heteroatoms. The fourth-order valence-electron chi connectivity index (χ4n) is 6.65. The first kappa shape index (κ1) is 56.5. The van der Waals surface area contributed by atoms with Crippen LogP contribution in [0, 0.1) is 0 Å². The molecule has 0 saturated carbocycles. The molecule has 0 heterocycles. The summed E-state index contributed by atoms with van der Waals surface area (Å²) in [6, 6.07) is 0. The molecule has 2 atom stereocenters. The second-order valence-corrected chi connectivity index (χ2v) is 17.4. The maximum atomic E-state index is 12.6. The molecule has 0 bridgehead atoms. The molecule has 0 saturated heterocycles. The number of allylic oxidation sites excluding steroid dienone is 8. The van der Waals surface area contributed by atoms with Gasteiger partial charge in [0.25, 0.3) is 0 Å². The van der Waals surface area contributed by atoms with Crippen LogP contribution in [0.5, 0.6) is 0 Å². The monoisotopic (exact) mass is 838 g/mol. The van der Waals surface area contributed by atoms with Crippen molar-refractivity contribution in [1.82, 2.24) is 0 Å². The maximum Gasteiger partial charge on any atom is 0.472 e. The van der Waals surface area contributed by atoms with Crippen LogP contribution in [0.3, 0.4) is 0 Å². The lowest BCUT2D eigenvalue weighted by atomic mass is 10.1. The van der Waals surface area contributed by atoms with Gasteiger partial charge in [-0.25, -0.2) is 4.57 Å². The summed E-state index contributed by atoms with van der Waals surface area (Å²) in [6.45, 7) is 4.90. The van der Waals surface area contributed by atoms with Crippen molar-refractivity contribution in [3.8, 4) is 0 Å². The zero-order valence-electron chi connectivity index (χ0n) is 37.8. The number of hydrogen-bond acceptors (Lipinski definition) is 7. The number of rotatable bonds is 46. The third-order valence-electron chi connectivity index (χ3n) is 10.2. The number of ether oxygens (including phenoxy) is 2. The summed E-state index contributed by atoms with van der Waals surface area (Å²) in [4.78, 5) is 22.5. The SMILES string of the molecule is CCCCCCC/C=C\C/C=C\C/C=C\CCCCCCCCC(=O)OC(COCCCCCCCCCC/C=C\CCCCCCCC)COP(=O)(O)OCCN. The maximum absolute atomic E-state index is 12.6. The highest BCUT2D eigenvalue weighted by Gasteiger charge is 2.25. The van der Waals surface area contributed by atoms with Crippen LogP contribution in [0.2, 0.25) is 0 Å². The minimum absolute atomic E-state index is 0.0964. The van der Waals surface area contributed by atoms with Gasteiger partial charge in [-0.3, -0.25) is 13.8 Å². The van der Waals surface area contributed by atoms with Crippen LogP contribution >= 0.6 is 7.82 Å². The Labute approximate surface area is 358 Å². The Morgan fingerprint density at radius 1 is 0.517 bits per heavy atom. The van der Waals surface area contributed by atoms with Crippen LogP contribution in [0.4, 0.5) is 0 Å². The molecule has 0 aromatic heterocycles. The first-order valence-corrected chi connectivity index (χ1v) is 25.6. The number of hydrogen-bond donors (Lipinski definition) is 2. The van der Waals surface area contributed by atoms with Gasteiger partial charge in [0.05, 0.1) is 19.8 Å². The molecule has 0 rings (SSSR count). The summed E-state index contributed by atoms with van der Waals surface area (Å²) in [6.07, 6.45) is 55.6. The summed E-state index contributed by atoms with van der Waals surface area (Å²) >= 11 is 0. The Morgan fingerprint density at radius 3 is 1.38 bits per heavy atom. The number of nitrogens with two attached hydrogens (primary N) is 1. The molecular formula is C49H92NO7P. The molecule has 0 aliphatic carbocycles. The number of esters is 1. The average molecular weight is 838 g/mol. The molecule has 340 valence electrons. The van der Waals surface area contributed by atoms with Gasteiger partial charge in [-0.2, -0.15) is 0 Å². The van der Waals surface area contributed by atoms with Crippen molar-refractivity contribution in [3.05, 3.63) is 48.6 Å². The topological polar surface area (TPSA) is 117 Å². The summed E-state index contributed by atoms with van der Waals surface area (Å²) in [5, 5.41) is 0. The summed E-state index contributed by atoms with van der Waals surface area (Å²) in [5.74, 6) is -0.343. The van der Waals surface area contributed by atoms with Crippen molar-refractivity contribution in [3.63, 3.8) is 0 Å². The van der Waals surface area contributed by atoms with Crippen LogP contribution in [0.25, 0.3) is 0 Å². The van der Waals surface area contributed by atoms with Crippen molar-refractivity contribution in [2.45, 2.75) is 225 Å². The quantitative estimate of drug-likeness (QED) is 0.0269. The van der Waals surface area contributed by atoms with Crippen molar-refractivity contribution in [2.24, 2.45) is 5.73 Å². The molecule has 0 amide bonds. The van der Waals surface area contributed by atoms with Gasteiger partial charge in [0.1, 0.15) is 6.10 Å². The normalized spacial score (nSPS) is 13.8. The van der Waals surface area contributed by atoms with E-state index in [1.807, 2.05) is 0 Å². The van der Waals surface area contributed by atoms with Crippen LogP contribution in [-0.2, 0) is 27.9 Å².